The van der Waals surface area contributed by atoms with Crippen LogP contribution in [0.1, 0.15) is 25.6 Å². The summed E-state index contributed by atoms with van der Waals surface area (Å²) in [6.45, 7) is 6.08. The Bertz CT molecular complexity index is 601. The first kappa shape index (κ1) is 15.1. The molecule has 1 N–H and O–H groups in total. The van der Waals surface area contributed by atoms with Crippen molar-refractivity contribution < 1.29 is 9.53 Å². The monoisotopic (exact) mass is 357 g/mol. The minimum Gasteiger partial charge on any atom is -0.444 e. The molecule has 0 radical (unpaired) electrons. The molecular weight excluding hydrogens is 342 g/mol. The zero-order chi connectivity index (χ0) is 14.8. The van der Waals surface area contributed by atoms with Crippen LogP contribution in [0.5, 0.6) is 0 Å². The van der Waals surface area contributed by atoms with Gasteiger partial charge in [0.25, 0.3) is 0 Å². The number of carbonyl (C=O) groups excluding carboxylic acids is 1. The molecule has 0 bridgehead atoms. The number of amides is 1. The minimum atomic E-state index is -0.520. The van der Waals surface area contributed by atoms with Crippen molar-refractivity contribution in [3.05, 3.63) is 33.1 Å². The largest absolute Gasteiger partial charge is 0.444 e. The Morgan fingerprint density at radius 2 is 2.30 bits per heavy atom. The number of ether oxygens (including phenoxy) is 1. The van der Waals surface area contributed by atoms with E-state index in [-0.39, 0.29) is 0 Å². The molecular formula is C13H16BrN3O2S. The van der Waals surface area contributed by atoms with Crippen LogP contribution in [0.15, 0.2) is 28.2 Å². The smallest absolute Gasteiger partial charge is 0.413 e. The molecule has 2 aromatic heterocycles. The van der Waals surface area contributed by atoms with E-state index in [1.54, 1.807) is 28.3 Å². The molecule has 2 aromatic rings. The van der Waals surface area contributed by atoms with Crippen LogP contribution >= 0.6 is 27.3 Å². The number of thiophene rings is 1. The van der Waals surface area contributed by atoms with E-state index in [0.717, 1.165) is 9.35 Å². The van der Waals surface area contributed by atoms with Gasteiger partial charge in [0.15, 0.2) is 0 Å². The van der Waals surface area contributed by atoms with Gasteiger partial charge in [0.1, 0.15) is 11.4 Å². The molecule has 0 fully saturated rings. The second-order valence-corrected chi connectivity index (χ2v) is 7.14. The third-order valence-electron chi connectivity index (χ3n) is 2.27. The molecule has 1 amide bonds. The molecule has 20 heavy (non-hydrogen) atoms. The van der Waals surface area contributed by atoms with Crippen LogP contribution in [-0.2, 0) is 11.3 Å². The van der Waals surface area contributed by atoms with Crippen LogP contribution in [0.4, 0.5) is 10.6 Å². The average molecular weight is 358 g/mol. The summed E-state index contributed by atoms with van der Waals surface area (Å²) < 4.78 is 8.00. The lowest BCUT2D eigenvalue weighted by Crippen LogP contribution is -2.28. The van der Waals surface area contributed by atoms with Gasteiger partial charge in [0.2, 0.25) is 0 Å². The lowest BCUT2D eigenvalue weighted by atomic mass is 10.2. The molecule has 0 aromatic carbocycles. The number of aromatic nitrogens is 2. The summed E-state index contributed by atoms with van der Waals surface area (Å²) in [4.78, 5) is 12.9. The van der Waals surface area contributed by atoms with Gasteiger partial charge < -0.3 is 4.74 Å². The molecule has 2 heterocycles. The van der Waals surface area contributed by atoms with Crippen molar-refractivity contribution in [2.24, 2.45) is 0 Å². The van der Waals surface area contributed by atoms with E-state index in [1.807, 2.05) is 32.2 Å². The first-order valence-electron chi connectivity index (χ1n) is 6.08. The molecule has 0 saturated carbocycles. The van der Waals surface area contributed by atoms with Gasteiger partial charge in [-0.05, 0) is 42.8 Å². The summed E-state index contributed by atoms with van der Waals surface area (Å²) in [6.07, 6.45) is 1.17. The zero-order valence-electron chi connectivity index (χ0n) is 11.5. The predicted molar refractivity (Wildman–Crippen MR) is 83.2 cm³/mol. The minimum absolute atomic E-state index is 0.480. The molecule has 0 aliphatic rings. The quantitative estimate of drug-likeness (QED) is 0.899. The Kier molecular flexibility index (Phi) is 4.49. The number of anilines is 1. The molecule has 7 heteroatoms. The van der Waals surface area contributed by atoms with Crippen LogP contribution in [0, 0.1) is 0 Å². The number of carbonyl (C=O) groups is 1. The average Bonchev–Trinajstić information content (AvgIpc) is 2.87. The van der Waals surface area contributed by atoms with Gasteiger partial charge in [0.05, 0.1) is 12.7 Å². The standard InChI is InChI=1S/C13H16BrN3O2S/c1-13(2,3)19-12(18)16-11-4-5-15-17(11)7-10-6-9(14)8-20-10/h4-6,8H,7H2,1-3H3,(H,16,18). The molecule has 0 aliphatic heterocycles. The topological polar surface area (TPSA) is 56.1 Å². The highest BCUT2D eigenvalue weighted by molar-refractivity contribution is 9.10. The zero-order valence-corrected chi connectivity index (χ0v) is 13.9. The van der Waals surface area contributed by atoms with Crippen molar-refractivity contribution in [3.63, 3.8) is 0 Å². The lowest BCUT2D eigenvalue weighted by Gasteiger charge is -2.19. The van der Waals surface area contributed by atoms with Gasteiger partial charge in [-0.25, -0.2) is 9.48 Å². The van der Waals surface area contributed by atoms with E-state index in [0.29, 0.717) is 12.4 Å². The van der Waals surface area contributed by atoms with E-state index in [1.165, 1.54) is 0 Å². The summed E-state index contributed by atoms with van der Waals surface area (Å²) in [5, 5.41) is 8.93. The van der Waals surface area contributed by atoms with Crippen molar-refractivity contribution in [2.75, 3.05) is 5.32 Å². The third kappa shape index (κ3) is 4.35. The fraction of sp³-hybridized carbons (Fsp3) is 0.385. The normalized spacial score (nSPS) is 11.4. The number of nitrogens with zero attached hydrogens (tertiary/aromatic N) is 2. The fourth-order valence-corrected chi connectivity index (χ4v) is 2.99. The second-order valence-electron chi connectivity index (χ2n) is 5.23. The van der Waals surface area contributed by atoms with Gasteiger partial charge in [0, 0.05) is 20.8 Å². The predicted octanol–water partition coefficient (Wildman–Crippen LogP) is 4.10. The lowest BCUT2D eigenvalue weighted by molar-refractivity contribution is 0.0634. The molecule has 5 nitrogen and oxygen atoms in total. The van der Waals surface area contributed by atoms with Crippen LogP contribution in [0.25, 0.3) is 0 Å². The van der Waals surface area contributed by atoms with E-state index in [9.17, 15) is 4.79 Å². The van der Waals surface area contributed by atoms with Gasteiger partial charge in [-0.2, -0.15) is 5.10 Å². The molecule has 0 atom stereocenters. The van der Waals surface area contributed by atoms with Crippen molar-refractivity contribution >= 4 is 39.2 Å². The molecule has 0 unspecified atom stereocenters. The fourth-order valence-electron chi connectivity index (χ4n) is 1.56. The van der Waals surface area contributed by atoms with E-state index < -0.39 is 11.7 Å². The Labute approximate surface area is 130 Å². The van der Waals surface area contributed by atoms with E-state index in [2.05, 4.69) is 26.3 Å². The summed E-state index contributed by atoms with van der Waals surface area (Å²) in [6, 6.07) is 3.77. The maximum atomic E-state index is 11.8. The Morgan fingerprint density at radius 3 is 2.90 bits per heavy atom. The van der Waals surface area contributed by atoms with Gasteiger partial charge in [-0.15, -0.1) is 11.3 Å². The Morgan fingerprint density at radius 1 is 1.55 bits per heavy atom. The van der Waals surface area contributed by atoms with Crippen molar-refractivity contribution in [1.29, 1.82) is 0 Å². The summed E-state index contributed by atoms with van der Waals surface area (Å²) >= 11 is 5.05. The number of halogens is 1. The van der Waals surface area contributed by atoms with Crippen molar-refractivity contribution in [1.82, 2.24) is 9.78 Å². The third-order valence-corrected chi connectivity index (χ3v) is 3.96. The van der Waals surface area contributed by atoms with Gasteiger partial charge in [-0.1, -0.05) is 0 Å². The molecule has 0 spiro atoms. The van der Waals surface area contributed by atoms with Crippen LogP contribution in [0.2, 0.25) is 0 Å². The SMILES string of the molecule is CC(C)(C)OC(=O)Nc1ccnn1Cc1cc(Br)cs1. The summed E-state index contributed by atoms with van der Waals surface area (Å²) in [5.74, 6) is 0.615. The van der Waals surface area contributed by atoms with Crippen LogP contribution in [-0.4, -0.2) is 21.5 Å². The summed E-state index contributed by atoms with van der Waals surface area (Å²) in [7, 11) is 0. The number of hydrogen-bond acceptors (Lipinski definition) is 4. The Hall–Kier alpha value is -1.34. The van der Waals surface area contributed by atoms with Crippen LogP contribution < -0.4 is 5.32 Å². The van der Waals surface area contributed by atoms with Crippen molar-refractivity contribution in [3.8, 4) is 0 Å². The number of nitrogens with one attached hydrogen (secondary N) is 1. The number of rotatable bonds is 3. The Balaban J connectivity index is 2.03. The van der Waals surface area contributed by atoms with Gasteiger partial charge in [-0.3, -0.25) is 5.32 Å². The second kappa shape index (κ2) is 5.97. The maximum Gasteiger partial charge on any atom is 0.413 e. The first-order chi connectivity index (χ1) is 9.33. The molecule has 2 rings (SSSR count). The van der Waals surface area contributed by atoms with Gasteiger partial charge >= 0.3 is 6.09 Å². The maximum absolute atomic E-state index is 11.8. The van der Waals surface area contributed by atoms with E-state index >= 15 is 0 Å². The number of hydrogen-bond donors (Lipinski definition) is 1. The van der Waals surface area contributed by atoms with Crippen molar-refractivity contribution in [2.45, 2.75) is 32.9 Å². The first-order valence-corrected chi connectivity index (χ1v) is 7.75. The molecule has 0 saturated heterocycles. The summed E-state index contributed by atoms with van der Waals surface area (Å²) in [5.41, 5.74) is -0.520. The highest BCUT2D eigenvalue weighted by Crippen LogP contribution is 2.21. The molecule has 108 valence electrons. The molecule has 0 aliphatic carbocycles. The van der Waals surface area contributed by atoms with E-state index in [4.69, 9.17) is 4.74 Å². The highest BCUT2D eigenvalue weighted by Gasteiger charge is 2.17. The highest BCUT2D eigenvalue weighted by atomic mass is 79.9. The van der Waals surface area contributed by atoms with Crippen LogP contribution in [0.3, 0.4) is 0 Å².